The molecule has 67 heavy (non-hydrogen) atoms. The Morgan fingerprint density at radius 2 is 1.15 bits per heavy atom. The fourth-order valence-corrected chi connectivity index (χ4v) is 12.7. The Hall–Kier alpha value is -3.10. The molecule has 7 heteroatoms. The van der Waals surface area contributed by atoms with Crippen LogP contribution in [-0.4, -0.2) is 125 Å². The van der Waals surface area contributed by atoms with Crippen molar-refractivity contribution in [2.45, 2.75) is 218 Å². The first-order valence-electron chi connectivity index (χ1n) is 26.7. The van der Waals surface area contributed by atoms with Crippen LogP contribution in [0, 0.1) is 0 Å². The Labute approximate surface area is 410 Å². The lowest BCUT2D eigenvalue weighted by molar-refractivity contribution is -0.00883. The fraction of sp³-hybridized carbons (Fsp3) is 0.700. The summed E-state index contributed by atoms with van der Waals surface area (Å²) in [4.78, 5) is 16.4. The molecule has 1 aliphatic carbocycles. The highest BCUT2D eigenvalue weighted by Crippen LogP contribution is 2.47. The number of rotatable bonds is 14. The third-order valence-corrected chi connectivity index (χ3v) is 18.0. The standard InChI is InChI=1S/C60H94N6O/c1-55(2,3)43-17-23-46(24-18-43)62-33-35-63(36-34-62)48-29-32-64(41-48)60(14,15)31-30-58(10,11)44-19-25-47(26-20-44)66-50-39-53(65(42-50)57(7,8)9)54(66)40-59(12,13)45-21-27-51(28-22-45)67-52-37-49(38-52)61(16)56(4,5)6/h17-28,48-50,52-54H,29-42H2,1-16H3/t48?,49?,50-,52?,53-,54?/m1/s1. The summed E-state index contributed by atoms with van der Waals surface area (Å²) in [5, 5.41) is 0. The summed E-state index contributed by atoms with van der Waals surface area (Å²) in [7, 11) is 2.26. The van der Waals surface area contributed by atoms with Crippen LogP contribution in [0.2, 0.25) is 0 Å². The molecule has 4 atom stereocenters. The maximum atomic E-state index is 6.50. The second-order valence-electron chi connectivity index (χ2n) is 27.0. The molecular formula is C60H94N6O. The van der Waals surface area contributed by atoms with Crippen LogP contribution in [0.15, 0.2) is 72.8 Å². The quantitative estimate of drug-likeness (QED) is 0.159. The zero-order valence-electron chi connectivity index (χ0n) is 45.4. The van der Waals surface area contributed by atoms with Gasteiger partial charge in [-0.25, -0.2) is 0 Å². The molecule has 5 aliphatic rings. The van der Waals surface area contributed by atoms with E-state index in [4.69, 9.17) is 4.74 Å². The maximum absolute atomic E-state index is 6.50. The van der Waals surface area contributed by atoms with Crippen molar-refractivity contribution >= 4 is 11.4 Å². The third-order valence-electron chi connectivity index (χ3n) is 18.0. The number of fused-ring (bicyclic) bond motifs is 2. The van der Waals surface area contributed by atoms with Gasteiger partial charge in [0.15, 0.2) is 0 Å². The summed E-state index contributed by atoms with van der Waals surface area (Å²) in [6, 6.07) is 31.3. The van der Waals surface area contributed by atoms with Crippen LogP contribution in [0.5, 0.6) is 5.75 Å². The lowest BCUT2D eigenvalue weighted by Gasteiger charge is -2.49. The van der Waals surface area contributed by atoms with Crippen LogP contribution in [0.25, 0.3) is 0 Å². The first-order valence-corrected chi connectivity index (χ1v) is 26.7. The molecule has 0 amide bonds. The summed E-state index contributed by atoms with van der Waals surface area (Å²) >= 11 is 0. The van der Waals surface area contributed by atoms with Crippen molar-refractivity contribution in [1.82, 2.24) is 19.6 Å². The predicted octanol–water partition coefficient (Wildman–Crippen LogP) is 12.2. The van der Waals surface area contributed by atoms with E-state index < -0.39 is 0 Å². The van der Waals surface area contributed by atoms with Gasteiger partial charge in [-0.2, -0.15) is 0 Å². The molecule has 0 radical (unpaired) electrons. The molecule has 3 aromatic carbocycles. The molecule has 0 spiro atoms. The van der Waals surface area contributed by atoms with Gasteiger partial charge in [-0.1, -0.05) is 84.9 Å². The smallest absolute Gasteiger partial charge is 0.119 e. The van der Waals surface area contributed by atoms with E-state index in [2.05, 4.69) is 213 Å². The van der Waals surface area contributed by atoms with Gasteiger partial charge in [0.1, 0.15) is 11.9 Å². The summed E-state index contributed by atoms with van der Waals surface area (Å²) in [5.41, 5.74) is 7.91. The van der Waals surface area contributed by atoms with Gasteiger partial charge in [0.05, 0.1) is 0 Å². The van der Waals surface area contributed by atoms with Crippen LogP contribution in [-0.2, 0) is 16.2 Å². The van der Waals surface area contributed by atoms with E-state index in [0.717, 1.165) is 57.7 Å². The number of piperazine rings is 2. The second-order valence-corrected chi connectivity index (χ2v) is 27.0. The topological polar surface area (TPSA) is 28.7 Å². The van der Waals surface area contributed by atoms with Crippen molar-refractivity contribution in [3.8, 4) is 5.75 Å². The Morgan fingerprint density at radius 1 is 0.582 bits per heavy atom. The van der Waals surface area contributed by atoms with E-state index in [1.807, 2.05) is 0 Å². The largest absolute Gasteiger partial charge is 0.490 e. The Kier molecular flexibility index (Phi) is 13.9. The Bertz CT molecular complexity index is 2090. The van der Waals surface area contributed by atoms with Crippen LogP contribution in [0.1, 0.15) is 165 Å². The highest BCUT2D eigenvalue weighted by Gasteiger charge is 2.54. The minimum absolute atomic E-state index is 0.0188. The molecule has 4 saturated heterocycles. The van der Waals surface area contributed by atoms with Crippen LogP contribution >= 0.6 is 0 Å². The van der Waals surface area contributed by atoms with Crippen molar-refractivity contribution in [2.24, 2.45) is 0 Å². The monoisotopic (exact) mass is 915 g/mol. The van der Waals surface area contributed by atoms with Gasteiger partial charge in [-0.05, 0) is 164 Å². The average Bonchev–Trinajstić information content (AvgIpc) is 4.01. The number of hydrogen-bond donors (Lipinski definition) is 0. The number of anilines is 2. The highest BCUT2D eigenvalue weighted by molar-refractivity contribution is 5.54. The number of ether oxygens (including phenoxy) is 1. The fourth-order valence-electron chi connectivity index (χ4n) is 12.7. The molecule has 0 N–H and O–H groups in total. The van der Waals surface area contributed by atoms with Crippen molar-refractivity contribution in [1.29, 1.82) is 0 Å². The van der Waals surface area contributed by atoms with Crippen molar-refractivity contribution in [2.75, 3.05) is 62.7 Å². The van der Waals surface area contributed by atoms with Gasteiger partial charge in [0.25, 0.3) is 0 Å². The lowest BCUT2D eigenvalue weighted by atomic mass is 9.76. The Morgan fingerprint density at radius 3 is 1.73 bits per heavy atom. The molecule has 3 aromatic rings. The van der Waals surface area contributed by atoms with Crippen LogP contribution in [0.3, 0.4) is 0 Å². The molecule has 2 unspecified atom stereocenters. The molecule has 8 rings (SSSR count). The number of benzene rings is 3. The van der Waals surface area contributed by atoms with E-state index >= 15 is 0 Å². The third kappa shape index (κ3) is 11.0. The number of hydrogen-bond acceptors (Lipinski definition) is 7. The van der Waals surface area contributed by atoms with Crippen LogP contribution in [0.4, 0.5) is 11.4 Å². The van der Waals surface area contributed by atoms with Gasteiger partial charge in [0, 0.05) is 117 Å². The summed E-state index contributed by atoms with van der Waals surface area (Å²) in [5.74, 6) is 1.01. The zero-order valence-corrected chi connectivity index (χ0v) is 45.4. The van der Waals surface area contributed by atoms with Gasteiger partial charge in [0.2, 0.25) is 0 Å². The van der Waals surface area contributed by atoms with Crippen LogP contribution < -0.4 is 14.5 Å². The maximum Gasteiger partial charge on any atom is 0.119 e. The van der Waals surface area contributed by atoms with E-state index in [1.54, 1.807) is 0 Å². The summed E-state index contributed by atoms with van der Waals surface area (Å²) < 4.78 is 6.50. The Balaban J connectivity index is 0.863. The normalized spacial score (nSPS) is 26.2. The highest BCUT2D eigenvalue weighted by atomic mass is 16.5. The number of likely N-dealkylation sites (tertiary alicyclic amines) is 2. The summed E-state index contributed by atoms with van der Waals surface area (Å²) in [6.07, 6.45) is 8.56. The lowest BCUT2D eigenvalue weighted by Crippen LogP contribution is -2.59. The first-order chi connectivity index (χ1) is 31.2. The minimum atomic E-state index is 0.0188. The van der Waals surface area contributed by atoms with E-state index in [1.165, 1.54) is 66.8 Å². The molecular weight excluding hydrogens is 821 g/mol. The predicted molar refractivity (Wildman–Crippen MR) is 286 cm³/mol. The number of nitrogens with zero attached hydrogens (tertiary/aromatic N) is 6. The molecule has 4 aliphatic heterocycles. The average molecular weight is 915 g/mol. The van der Waals surface area contributed by atoms with Gasteiger partial charge in [-0.15, -0.1) is 0 Å². The van der Waals surface area contributed by atoms with Crippen molar-refractivity contribution in [3.05, 3.63) is 89.5 Å². The summed E-state index contributed by atoms with van der Waals surface area (Å²) in [6.45, 7) is 44.1. The molecule has 1 saturated carbocycles. The zero-order chi connectivity index (χ0) is 48.5. The molecule has 5 fully saturated rings. The van der Waals surface area contributed by atoms with Crippen molar-refractivity contribution in [3.63, 3.8) is 0 Å². The second kappa shape index (κ2) is 18.6. The van der Waals surface area contributed by atoms with Gasteiger partial charge < -0.3 is 14.5 Å². The van der Waals surface area contributed by atoms with Gasteiger partial charge >= 0.3 is 0 Å². The first kappa shape index (κ1) is 50.3. The molecule has 7 nitrogen and oxygen atoms in total. The molecule has 2 bridgehead atoms. The molecule has 0 aromatic heterocycles. The minimum Gasteiger partial charge on any atom is -0.490 e. The van der Waals surface area contributed by atoms with Crippen molar-refractivity contribution < 1.29 is 4.74 Å². The van der Waals surface area contributed by atoms with Gasteiger partial charge in [-0.3, -0.25) is 19.6 Å². The SMILES string of the molecule is CN(C1CC(Oc2ccc(C(C)(C)CC3[C@H]4C[C@H](CN4C(C)(C)C)N3c3ccc(C(C)(C)CCC(C)(C)N4CCC(N5CCN(c6ccc(C(C)(C)C)cc6)CC5)C4)cc3)cc2)C1)C(C)(C)C. The van der Waals surface area contributed by atoms with E-state index in [-0.39, 0.29) is 32.9 Å². The van der Waals surface area contributed by atoms with E-state index in [0.29, 0.717) is 36.3 Å². The molecule has 4 heterocycles. The van der Waals surface area contributed by atoms with E-state index in [9.17, 15) is 0 Å². The molecule has 370 valence electrons.